The summed E-state index contributed by atoms with van der Waals surface area (Å²) < 4.78 is 5.03. The molecule has 0 radical (unpaired) electrons. The number of carbonyl (C=O) groups is 1. The van der Waals surface area contributed by atoms with Crippen LogP contribution in [0.4, 0.5) is 0 Å². The van der Waals surface area contributed by atoms with Crippen molar-refractivity contribution in [3.05, 3.63) is 47.6 Å². The molecule has 0 spiro atoms. The second-order valence-electron chi connectivity index (χ2n) is 5.95. The normalized spacial score (nSPS) is 16.6. The highest BCUT2D eigenvalue weighted by Crippen LogP contribution is 2.37. The molecule has 0 bridgehead atoms. The van der Waals surface area contributed by atoms with Gasteiger partial charge < -0.3 is 9.84 Å². The van der Waals surface area contributed by atoms with Crippen LogP contribution in [0, 0.1) is 12.8 Å². The lowest BCUT2D eigenvalue weighted by molar-refractivity contribution is -0.123. The fourth-order valence-corrected chi connectivity index (χ4v) is 3.29. The van der Waals surface area contributed by atoms with E-state index in [2.05, 4.69) is 15.5 Å². The van der Waals surface area contributed by atoms with E-state index in [0.717, 1.165) is 29.9 Å². The lowest BCUT2D eigenvalue weighted by Crippen LogP contribution is -2.32. The van der Waals surface area contributed by atoms with Gasteiger partial charge in [-0.25, -0.2) is 0 Å². The second-order valence-corrected chi connectivity index (χ2v) is 5.95. The van der Waals surface area contributed by atoms with E-state index in [4.69, 9.17) is 4.52 Å². The summed E-state index contributed by atoms with van der Waals surface area (Å²) in [4.78, 5) is 16.8. The smallest absolute Gasteiger partial charge is 0.228 e. The van der Waals surface area contributed by atoms with Crippen molar-refractivity contribution in [2.24, 2.45) is 5.92 Å². The third-order valence-electron chi connectivity index (χ3n) is 4.34. The lowest BCUT2D eigenvalue weighted by atomic mass is 9.84. The van der Waals surface area contributed by atoms with E-state index in [1.807, 2.05) is 25.1 Å². The summed E-state index contributed by atoms with van der Waals surface area (Å²) in [6.45, 7) is 2.25. The van der Waals surface area contributed by atoms with Gasteiger partial charge in [-0.2, -0.15) is 0 Å². The molecule has 2 aromatic rings. The molecular weight excluding hydrogens is 278 g/mol. The molecule has 2 heterocycles. The van der Waals surface area contributed by atoms with Gasteiger partial charge in [-0.1, -0.05) is 18.0 Å². The molecule has 5 heteroatoms. The molecule has 5 nitrogen and oxygen atoms in total. The zero-order valence-corrected chi connectivity index (χ0v) is 12.8. The Morgan fingerprint density at radius 3 is 2.73 bits per heavy atom. The summed E-state index contributed by atoms with van der Waals surface area (Å²) in [6, 6.07) is 5.74. The van der Waals surface area contributed by atoms with Crippen LogP contribution in [0.1, 0.15) is 48.6 Å². The molecule has 1 unspecified atom stereocenters. The van der Waals surface area contributed by atoms with Crippen LogP contribution in [0.25, 0.3) is 0 Å². The summed E-state index contributed by atoms with van der Waals surface area (Å²) >= 11 is 0. The molecule has 1 aliphatic carbocycles. The van der Waals surface area contributed by atoms with Crippen molar-refractivity contribution in [2.75, 3.05) is 0 Å². The van der Waals surface area contributed by atoms with Crippen LogP contribution >= 0.6 is 0 Å². The highest BCUT2D eigenvalue weighted by Gasteiger charge is 2.31. The monoisotopic (exact) mass is 299 g/mol. The van der Waals surface area contributed by atoms with Gasteiger partial charge in [0.25, 0.3) is 0 Å². The van der Waals surface area contributed by atoms with E-state index in [-0.39, 0.29) is 11.8 Å². The Bertz CT molecular complexity index is 618. The number of rotatable bonds is 5. The lowest BCUT2D eigenvalue weighted by Gasteiger charge is -2.22. The molecule has 1 fully saturated rings. The Balaban J connectivity index is 1.72. The van der Waals surface area contributed by atoms with Crippen LogP contribution in [0.5, 0.6) is 0 Å². The van der Waals surface area contributed by atoms with Crippen molar-refractivity contribution < 1.29 is 9.32 Å². The van der Waals surface area contributed by atoms with Gasteiger partial charge in [0.1, 0.15) is 11.5 Å². The van der Waals surface area contributed by atoms with Gasteiger partial charge >= 0.3 is 0 Å². The average molecular weight is 299 g/mol. The molecule has 22 heavy (non-hydrogen) atoms. The van der Waals surface area contributed by atoms with E-state index in [1.54, 1.807) is 12.4 Å². The van der Waals surface area contributed by atoms with Crippen LogP contribution in [0.15, 0.2) is 35.1 Å². The Morgan fingerprint density at radius 1 is 1.36 bits per heavy atom. The van der Waals surface area contributed by atoms with Gasteiger partial charge in [-0.05, 0) is 43.4 Å². The Labute approximate surface area is 130 Å². The topological polar surface area (TPSA) is 68.0 Å². The summed E-state index contributed by atoms with van der Waals surface area (Å²) in [5, 5.41) is 6.92. The SMILES string of the molecule is Cc1cc(CNC(=O)C(c2ccncc2)C2CCCC2)no1. The van der Waals surface area contributed by atoms with E-state index in [9.17, 15) is 4.79 Å². The molecule has 1 atom stereocenters. The Morgan fingerprint density at radius 2 is 2.09 bits per heavy atom. The molecule has 3 rings (SSSR count). The van der Waals surface area contributed by atoms with Gasteiger partial charge in [0.2, 0.25) is 5.91 Å². The molecule has 0 aromatic carbocycles. The molecular formula is C17H21N3O2. The van der Waals surface area contributed by atoms with Crippen molar-refractivity contribution >= 4 is 5.91 Å². The molecule has 0 saturated heterocycles. The zero-order valence-electron chi connectivity index (χ0n) is 12.8. The standard InChI is InChI=1S/C17H21N3O2/c1-12-10-15(20-22-12)11-19-17(21)16(13-4-2-3-5-13)14-6-8-18-9-7-14/h6-10,13,16H,2-5,11H2,1H3,(H,19,21). The summed E-state index contributed by atoms with van der Waals surface area (Å²) in [5.74, 6) is 1.14. The quantitative estimate of drug-likeness (QED) is 0.921. The van der Waals surface area contributed by atoms with Crippen molar-refractivity contribution in [1.29, 1.82) is 0 Å². The summed E-state index contributed by atoms with van der Waals surface area (Å²) in [6.07, 6.45) is 8.16. The number of nitrogens with zero attached hydrogens (tertiary/aromatic N) is 2. The zero-order chi connectivity index (χ0) is 15.4. The third-order valence-corrected chi connectivity index (χ3v) is 4.34. The minimum atomic E-state index is -0.0986. The van der Waals surface area contributed by atoms with Gasteiger partial charge in [0.05, 0.1) is 12.5 Å². The highest BCUT2D eigenvalue weighted by molar-refractivity contribution is 5.84. The number of carbonyl (C=O) groups excluding carboxylic acids is 1. The minimum absolute atomic E-state index is 0.0683. The number of hydrogen-bond donors (Lipinski definition) is 1. The van der Waals surface area contributed by atoms with Crippen LogP contribution in [-0.2, 0) is 11.3 Å². The van der Waals surface area contributed by atoms with Gasteiger partial charge in [0, 0.05) is 18.5 Å². The highest BCUT2D eigenvalue weighted by atomic mass is 16.5. The maximum atomic E-state index is 12.7. The molecule has 1 amide bonds. The number of hydrogen-bond acceptors (Lipinski definition) is 4. The van der Waals surface area contributed by atoms with Gasteiger partial charge in [-0.3, -0.25) is 9.78 Å². The van der Waals surface area contributed by atoms with Crippen molar-refractivity contribution in [2.45, 2.75) is 45.1 Å². The first-order valence-corrected chi connectivity index (χ1v) is 7.84. The van der Waals surface area contributed by atoms with Gasteiger partial charge in [0.15, 0.2) is 0 Å². The summed E-state index contributed by atoms with van der Waals surface area (Å²) in [5.41, 5.74) is 1.81. The molecule has 2 aromatic heterocycles. The molecule has 1 N–H and O–H groups in total. The van der Waals surface area contributed by atoms with E-state index >= 15 is 0 Å². The minimum Gasteiger partial charge on any atom is -0.361 e. The maximum absolute atomic E-state index is 12.7. The van der Waals surface area contributed by atoms with Crippen molar-refractivity contribution in [3.63, 3.8) is 0 Å². The number of nitrogens with one attached hydrogen (secondary N) is 1. The number of pyridine rings is 1. The van der Waals surface area contributed by atoms with E-state index < -0.39 is 0 Å². The largest absolute Gasteiger partial charge is 0.361 e. The fraction of sp³-hybridized carbons (Fsp3) is 0.471. The number of aryl methyl sites for hydroxylation is 1. The number of amides is 1. The van der Waals surface area contributed by atoms with E-state index in [1.165, 1.54) is 12.8 Å². The van der Waals surface area contributed by atoms with Crippen LogP contribution in [0.3, 0.4) is 0 Å². The van der Waals surface area contributed by atoms with Crippen molar-refractivity contribution in [1.82, 2.24) is 15.5 Å². The van der Waals surface area contributed by atoms with Gasteiger partial charge in [-0.15, -0.1) is 0 Å². The second kappa shape index (κ2) is 6.73. The molecule has 0 aliphatic heterocycles. The first-order chi connectivity index (χ1) is 10.7. The van der Waals surface area contributed by atoms with Crippen LogP contribution in [0.2, 0.25) is 0 Å². The van der Waals surface area contributed by atoms with Crippen LogP contribution in [-0.4, -0.2) is 16.0 Å². The predicted molar refractivity (Wildman–Crippen MR) is 82.0 cm³/mol. The number of aromatic nitrogens is 2. The van der Waals surface area contributed by atoms with E-state index in [0.29, 0.717) is 12.5 Å². The predicted octanol–water partition coefficient (Wildman–Crippen LogP) is 2.97. The van der Waals surface area contributed by atoms with Crippen molar-refractivity contribution in [3.8, 4) is 0 Å². The molecule has 116 valence electrons. The Hall–Kier alpha value is -2.17. The maximum Gasteiger partial charge on any atom is 0.228 e. The molecule has 1 saturated carbocycles. The summed E-state index contributed by atoms with van der Waals surface area (Å²) in [7, 11) is 0. The average Bonchev–Trinajstić information content (AvgIpc) is 3.18. The Kier molecular flexibility index (Phi) is 4.51. The first kappa shape index (κ1) is 14.8. The fourth-order valence-electron chi connectivity index (χ4n) is 3.29. The third kappa shape index (κ3) is 3.35. The molecule has 1 aliphatic rings. The first-order valence-electron chi connectivity index (χ1n) is 7.84. The van der Waals surface area contributed by atoms with Crippen LogP contribution < -0.4 is 5.32 Å².